The van der Waals surface area contributed by atoms with E-state index >= 15 is 0 Å². The van der Waals surface area contributed by atoms with Gasteiger partial charge in [0, 0.05) is 6.08 Å². The summed E-state index contributed by atoms with van der Waals surface area (Å²) in [4.78, 5) is 0. The van der Waals surface area contributed by atoms with Crippen LogP contribution in [0.25, 0.3) is 6.08 Å². The van der Waals surface area contributed by atoms with E-state index in [2.05, 4.69) is 0 Å². The van der Waals surface area contributed by atoms with Gasteiger partial charge in [0.15, 0.2) is 0 Å². The summed E-state index contributed by atoms with van der Waals surface area (Å²) in [6, 6.07) is 5.33. The minimum absolute atomic E-state index is 0.172. The van der Waals surface area contributed by atoms with E-state index in [4.69, 9.17) is 5.26 Å². The van der Waals surface area contributed by atoms with Crippen LogP contribution in [0, 0.1) is 31.0 Å². The number of hydrogen-bond donors (Lipinski definition) is 0. The number of allylic oxidation sites excluding steroid dienone is 1. The highest BCUT2D eigenvalue weighted by atomic mass is 19.1. The molecule has 0 heterocycles. The minimum atomic E-state index is -0.172. The zero-order valence-electron chi connectivity index (χ0n) is 7.63. The zero-order valence-corrected chi connectivity index (χ0v) is 7.63. The molecule has 0 bridgehead atoms. The number of aryl methyl sites for hydroxylation is 2. The summed E-state index contributed by atoms with van der Waals surface area (Å²) in [5.74, 6) is -0.172. The highest BCUT2D eigenvalue weighted by Gasteiger charge is 2.01. The Hall–Kier alpha value is -1.62. The molecule has 0 aliphatic heterocycles. The second-order valence-electron chi connectivity index (χ2n) is 2.93. The van der Waals surface area contributed by atoms with Gasteiger partial charge in [0.2, 0.25) is 0 Å². The van der Waals surface area contributed by atoms with Gasteiger partial charge in [0.05, 0.1) is 6.07 Å². The third-order valence-corrected chi connectivity index (χ3v) is 1.81. The molecule has 0 aliphatic rings. The lowest BCUT2D eigenvalue weighted by atomic mass is 10.1. The van der Waals surface area contributed by atoms with Crippen LogP contribution < -0.4 is 0 Å². The summed E-state index contributed by atoms with van der Waals surface area (Å²) >= 11 is 0. The second-order valence-corrected chi connectivity index (χ2v) is 2.93. The van der Waals surface area contributed by atoms with Crippen molar-refractivity contribution in [3.8, 4) is 6.07 Å². The summed E-state index contributed by atoms with van der Waals surface area (Å²) in [5, 5.41) is 8.31. The molecule has 0 unspecified atom stereocenters. The molecule has 1 aromatic rings. The predicted molar refractivity (Wildman–Crippen MR) is 50.5 cm³/mol. The summed E-state index contributed by atoms with van der Waals surface area (Å²) in [6.45, 7) is 3.43. The van der Waals surface area contributed by atoms with E-state index in [1.807, 2.05) is 6.07 Å². The molecule has 66 valence electrons. The number of nitrogens with zero attached hydrogens (tertiary/aromatic N) is 1. The van der Waals surface area contributed by atoms with Crippen LogP contribution in [0.5, 0.6) is 0 Å². The number of nitriles is 1. The van der Waals surface area contributed by atoms with Crippen molar-refractivity contribution in [2.75, 3.05) is 0 Å². The van der Waals surface area contributed by atoms with Crippen molar-refractivity contribution >= 4 is 6.08 Å². The Kier molecular flexibility index (Phi) is 2.81. The van der Waals surface area contributed by atoms with Crippen molar-refractivity contribution in [3.05, 3.63) is 40.7 Å². The quantitative estimate of drug-likeness (QED) is 0.602. The maximum Gasteiger partial charge on any atom is 0.129 e. The van der Waals surface area contributed by atoms with Crippen LogP contribution >= 0.6 is 0 Å². The lowest BCUT2D eigenvalue weighted by Crippen LogP contribution is -1.88. The van der Waals surface area contributed by atoms with Gasteiger partial charge in [-0.1, -0.05) is 0 Å². The van der Waals surface area contributed by atoms with Crippen LogP contribution in [0.2, 0.25) is 0 Å². The molecule has 1 nitrogen and oxygen atoms in total. The van der Waals surface area contributed by atoms with Gasteiger partial charge < -0.3 is 0 Å². The van der Waals surface area contributed by atoms with Crippen LogP contribution in [0.1, 0.15) is 16.7 Å². The van der Waals surface area contributed by atoms with Crippen LogP contribution in [0.15, 0.2) is 18.2 Å². The molecule has 1 aromatic carbocycles. The highest BCUT2D eigenvalue weighted by molar-refractivity contribution is 5.54. The van der Waals surface area contributed by atoms with Crippen molar-refractivity contribution in [2.45, 2.75) is 13.8 Å². The van der Waals surface area contributed by atoms with Gasteiger partial charge in [-0.25, -0.2) is 4.39 Å². The third-order valence-electron chi connectivity index (χ3n) is 1.81. The molecule has 0 saturated heterocycles. The maximum atomic E-state index is 13.1. The molecule has 1 rings (SSSR count). The fourth-order valence-corrected chi connectivity index (χ4v) is 1.21. The number of halogens is 1. The van der Waals surface area contributed by atoms with E-state index in [1.165, 1.54) is 6.08 Å². The lowest BCUT2D eigenvalue weighted by Gasteiger charge is -2.02. The standard InChI is InChI=1S/C11H10FN/c1-8-6-10(4-3-5-13)7-9(2)11(8)12/h3-4,6-7H,1-2H3. The van der Waals surface area contributed by atoms with E-state index < -0.39 is 0 Å². The molecular formula is C11H10FN. The van der Waals surface area contributed by atoms with Crippen molar-refractivity contribution < 1.29 is 4.39 Å². The largest absolute Gasteiger partial charge is 0.206 e. The molecule has 0 aromatic heterocycles. The highest BCUT2D eigenvalue weighted by Crippen LogP contribution is 2.15. The van der Waals surface area contributed by atoms with Crippen molar-refractivity contribution in [1.82, 2.24) is 0 Å². The second kappa shape index (κ2) is 3.86. The van der Waals surface area contributed by atoms with Gasteiger partial charge in [0.1, 0.15) is 5.82 Å². The van der Waals surface area contributed by atoms with Gasteiger partial charge in [-0.2, -0.15) is 5.26 Å². The van der Waals surface area contributed by atoms with Gasteiger partial charge >= 0.3 is 0 Å². The Morgan fingerprint density at radius 3 is 2.31 bits per heavy atom. The fraction of sp³-hybridized carbons (Fsp3) is 0.182. The van der Waals surface area contributed by atoms with E-state index in [0.29, 0.717) is 11.1 Å². The van der Waals surface area contributed by atoms with E-state index in [-0.39, 0.29) is 5.82 Å². The van der Waals surface area contributed by atoms with Crippen molar-refractivity contribution in [3.63, 3.8) is 0 Å². The SMILES string of the molecule is Cc1cc(C=CC#N)cc(C)c1F. The van der Waals surface area contributed by atoms with Crippen molar-refractivity contribution in [1.29, 1.82) is 5.26 Å². The smallest absolute Gasteiger partial charge is 0.129 e. The minimum Gasteiger partial charge on any atom is -0.206 e. The Morgan fingerprint density at radius 1 is 1.31 bits per heavy atom. The van der Waals surface area contributed by atoms with Crippen LogP contribution in [0.3, 0.4) is 0 Å². The molecule has 13 heavy (non-hydrogen) atoms. The summed E-state index contributed by atoms with van der Waals surface area (Å²) < 4.78 is 13.1. The Balaban J connectivity index is 3.15. The monoisotopic (exact) mass is 175 g/mol. The Morgan fingerprint density at radius 2 is 1.85 bits per heavy atom. The predicted octanol–water partition coefficient (Wildman–Crippen LogP) is 2.98. The van der Waals surface area contributed by atoms with Gasteiger partial charge in [-0.15, -0.1) is 0 Å². The van der Waals surface area contributed by atoms with Gasteiger partial charge in [-0.3, -0.25) is 0 Å². The van der Waals surface area contributed by atoms with Crippen LogP contribution in [-0.4, -0.2) is 0 Å². The lowest BCUT2D eigenvalue weighted by molar-refractivity contribution is 0.609. The Bertz CT molecular complexity index is 363. The maximum absolute atomic E-state index is 13.1. The molecule has 0 radical (unpaired) electrons. The first-order valence-corrected chi connectivity index (χ1v) is 3.98. The number of benzene rings is 1. The molecule has 0 atom stereocenters. The average Bonchev–Trinajstić information content (AvgIpc) is 2.10. The van der Waals surface area contributed by atoms with E-state index in [1.54, 1.807) is 32.1 Å². The summed E-state index contributed by atoms with van der Waals surface area (Å²) in [6.07, 6.45) is 3.05. The first-order chi connectivity index (χ1) is 6.15. The first-order valence-electron chi connectivity index (χ1n) is 3.98. The van der Waals surface area contributed by atoms with E-state index in [9.17, 15) is 4.39 Å². The molecule has 0 aliphatic carbocycles. The van der Waals surface area contributed by atoms with Crippen LogP contribution in [0.4, 0.5) is 4.39 Å². The molecule has 0 N–H and O–H groups in total. The van der Waals surface area contributed by atoms with Gasteiger partial charge in [-0.05, 0) is 48.7 Å². The molecule has 2 heteroatoms. The number of rotatable bonds is 1. The molecule has 0 spiro atoms. The van der Waals surface area contributed by atoms with E-state index in [0.717, 1.165) is 5.56 Å². The van der Waals surface area contributed by atoms with Crippen molar-refractivity contribution in [2.24, 2.45) is 0 Å². The topological polar surface area (TPSA) is 23.8 Å². The van der Waals surface area contributed by atoms with Gasteiger partial charge in [0.25, 0.3) is 0 Å². The molecule has 0 fully saturated rings. The summed E-state index contributed by atoms with van der Waals surface area (Å²) in [5.41, 5.74) is 2.08. The summed E-state index contributed by atoms with van der Waals surface area (Å²) in [7, 11) is 0. The molecular weight excluding hydrogens is 165 g/mol. The van der Waals surface area contributed by atoms with Crippen LogP contribution in [-0.2, 0) is 0 Å². The fourth-order valence-electron chi connectivity index (χ4n) is 1.21. The normalized spacial score (nSPS) is 10.3. The first kappa shape index (κ1) is 9.47. The molecule has 0 amide bonds. The average molecular weight is 175 g/mol. The zero-order chi connectivity index (χ0) is 9.84. The Labute approximate surface area is 77.1 Å². The third kappa shape index (κ3) is 2.16. The molecule has 0 saturated carbocycles. The number of hydrogen-bond acceptors (Lipinski definition) is 1.